The molecule has 1 N–H and O–H groups in total. The topological polar surface area (TPSA) is 15.8 Å². The highest BCUT2D eigenvalue weighted by Gasteiger charge is 2.07. The van der Waals surface area contributed by atoms with E-state index < -0.39 is 0 Å². The summed E-state index contributed by atoms with van der Waals surface area (Å²) in [6, 6.07) is 2.04. The van der Waals surface area contributed by atoms with Crippen LogP contribution in [-0.2, 0) is 0 Å². The summed E-state index contributed by atoms with van der Waals surface area (Å²) in [6.45, 7) is 12.1. The molecule has 0 aliphatic heterocycles. The van der Waals surface area contributed by atoms with Gasteiger partial charge in [0, 0.05) is 17.5 Å². The summed E-state index contributed by atoms with van der Waals surface area (Å²) in [5.74, 6) is 0.486. The van der Waals surface area contributed by atoms with Crippen LogP contribution in [0, 0.1) is 5.92 Å². The Labute approximate surface area is 73.8 Å². The minimum atomic E-state index is 0.486. The molecule has 0 radical (unpaired) electrons. The smallest absolute Gasteiger partial charge is 0.0450 e. The summed E-state index contributed by atoms with van der Waals surface area (Å²) in [7, 11) is 0. The van der Waals surface area contributed by atoms with Crippen LogP contribution >= 0.6 is 0 Å². The summed E-state index contributed by atoms with van der Waals surface area (Å²) in [5, 5.41) is 0. The maximum Gasteiger partial charge on any atom is 0.0450 e. The van der Waals surface area contributed by atoms with Gasteiger partial charge < -0.3 is 4.98 Å². The molecule has 0 saturated carbocycles. The average molecular weight is 161 g/mol. The highest BCUT2D eigenvalue weighted by molar-refractivity contribution is 5.71. The molecule has 64 valence electrons. The first-order chi connectivity index (χ1) is 5.66. The molecule has 1 rings (SSSR count). The fourth-order valence-corrected chi connectivity index (χ4v) is 1.14. The second-order valence-corrected chi connectivity index (χ2v) is 3.19. The molecule has 0 aliphatic rings. The maximum absolute atomic E-state index is 4.04. The van der Waals surface area contributed by atoms with E-state index in [2.05, 4.69) is 32.0 Å². The van der Waals surface area contributed by atoms with E-state index in [0.717, 1.165) is 11.3 Å². The molecule has 1 nitrogen and oxygen atoms in total. The van der Waals surface area contributed by atoms with Gasteiger partial charge in [-0.1, -0.05) is 27.0 Å². The Bertz CT molecular complexity index is 292. The van der Waals surface area contributed by atoms with Gasteiger partial charge in [-0.15, -0.1) is 0 Å². The molecule has 1 heterocycles. The molecule has 0 aromatic carbocycles. The van der Waals surface area contributed by atoms with Crippen LogP contribution in [0.1, 0.15) is 25.1 Å². The largest absolute Gasteiger partial charge is 0.361 e. The Morgan fingerprint density at radius 3 is 2.75 bits per heavy atom. The van der Waals surface area contributed by atoms with Crippen molar-refractivity contribution >= 4 is 11.6 Å². The van der Waals surface area contributed by atoms with Crippen LogP contribution in [0.2, 0.25) is 0 Å². The van der Waals surface area contributed by atoms with E-state index in [0.29, 0.717) is 5.92 Å². The fourth-order valence-electron chi connectivity index (χ4n) is 1.14. The summed E-state index contributed by atoms with van der Waals surface area (Å²) in [4.78, 5) is 3.11. The molecule has 1 aromatic rings. The lowest BCUT2D eigenvalue weighted by atomic mass is 9.97. The third-order valence-corrected chi connectivity index (χ3v) is 2.03. The Kier molecular flexibility index (Phi) is 2.54. The van der Waals surface area contributed by atoms with E-state index in [1.54, 1.807) is 0 Å². The van der Waals surface area contributed by atoms with Gasteiger partial charge in [-0.25, -0.2) is 0 Å². The van der Waals surface area contributed by atoms with Crippen LogP contribution in [0.25, 0.3) is 11.6 Å². The lowest BCUT2D eigenvalue weighted by Gasteiger charge is -2.08. The van der Waals surface area contributed by atoms with E-state index in [1.165, 1.54) is 5.56 Å². The molecule has 0 bridgehead atoms. The number of rotatable bonds is 3. The van der Waals surface area contributed by atoms with Gasteiger partial charge in [0.05, 0.1) is 0 Å². The van der Waals surface area contributed by atoms with E-state index in [4.69, 9.17) is 0 Å². The summed E-state index contributed by atoms with van der Waals surface area (Å²) >= 11 is 0. The molecular weight excluding hydrogens is 146 g/mol. The predicted molar refractivity (Wildman–Crippen MR) is 54.8 cm³/mol. The quantitative estimate of drug-likeness (QED) is 0.700. The zero-order valence-electron chi connectivity index (χ0n) is 7.72. The predicted octanol–water partition coefficient (Wildman–Crippen LogP) is 3.33. The van der Waals surface area contributed by atoms with Gasteiger partial charge in [0.15, 0.2) is 0 Å². The van der Waals surface area contributed by atoms with Crippen molar-refractivity contribution in [3.8, 4) is 0 Å². The van der Waals surface area contributed by atoms with Gasteiger partial charge in [0.1, 0.15) is 0 Å². The van der Waals surface area contributed by atoms with E-state index >= 15 is 0 Å². The van der Waals surface area contributed by atoms with Crippen molar-refractivity contribution < 1.29 is 0 Å². The van der Waals surface area contributed by atoms with Crippen molar-refractivity contribution in [2.45, 2.75) is 13.8 Å². The monoisotopic (exact) mass is 161 g/mol. The highest BCUT2D eigenvalue weighted by atomic mass is 14.7. The summed E-state index contributed by atoms with van der Waals surface area (Å²) in [5.41, 5.74) is 3.40. The van der Waals surface area contributed by atoms with E-state index in [-0.39, 0.29) is 0 Å². The molecule has 0 aliphatic carbocycles. The van der Waals surface area contributed by atoms with Crippen molar-refractivity contribution in [1.29, 1.82) is 0 Å². The third-order valence-electron chi connectivity index (χ3n) is 2.03. The average Bonchev–Trinajstić information content (AvgIpc) is 2.49. The number of hydrogen-bond acceptors (Lipinski definition) is 0. The Morgan fingerprint density at radius 1 is 1.58 bits per heavy atom. The Morgan fingerprint density at radius 2 is 2.25 bits per heavy atom. The molecular formula is C11H15N. The van der Waals surface area contributed by atoms with E-state index in [1.807, 2.05) is 18.3 Å². The molecule has 0 fully saturated rings. The summed E-state index contributed by atoms with van der Waals surface area (Å²) in [6.07, 6.45) is 3.74. The van der Waals surface area contributed by atoms with Gasteiger partial charge in [-0.05, 0) is 23.6 Å². The zero-order valence-corrected chi connectivity index (χ0v) is 7.72. The van der Waals surface area contributed by atoms with Gasteiger partial charge in [-0.3, -0.25) is 0 Å². The zero-order chi connectivity index (χ0) is 9.14. The molecule has 0 unspecified atom stereocenters. The van der Waals surface area contributed by atoms with Crippen molar-refractivity contribution in [1.82, 2.24) is 4.98 Å². The normalized spacial score (nSPS) is 10.2. The molecule has 0 atom stereocenters. The number of aromatic nitrogens is 1. The van der Waals surface area contributed by atoms with Gasteiger partial charge in [0.25, 0.3) is 0 Å². The van der Waals surface area contributed by atoms with Crippen LogP contribution in [0.3, 0.4) is 0 Å². The number of H-pyrrole nitrogens is 1. The first-order valence-corrected chi connectivity index (χ1v) is 4.15. The van der Waals surface area contributed by atoms with Crippen molar-refractivity contribution in [3.63, 3.8) is 0 Å². The van der Waals surface area contributed by atoms with Gasteiger partial charge in [-0.2, -0.15) is 0 Å². The lowest BCUT2D eigenvalue weighted by Crippen LogP contribution is -1.92. The Hall–Kier alpha value is -1.24. The number of aromatic amines is 1. The molecule has 0 amide bonds. The highest BCUT2D eigenvalue weighted by Crippen LogP contribution is 2.23. The fraction of sp³-hybridized carbons (Fsp3) is 0.273. The molecule has 1 aromatic heterocycles. The maximum atomic E-state index is 4.04. The molecule has 0 spiro atoms. The second-order valence-electron chi connectivity index (χ2n) is 3.19. The Balaban J connectivity index is 3.01. The van der Waals surface area contributed by atoms with Crippen LogP contribution in [0.15, 0.2) is 25.4 Å². The number of nitrogens with one attached hydrogen (secondary N) is 1. The van der Waals surface area contributed by atoms with Gasteiger partial charge >= 0.3 is 0 Å². The number of allylic oxidation sites excluding steroid dienone is 1. The number of hydrogen-bond donors (Lipinski definition) is 1. The van der Waals surface area contributed by atoms with Crippen molar-refractivity contribution in [3.05, 3.63) is 36.7 Å². The van der Waals surface area contributed by atoms with E-state index in [9.17, 15) is 0 Å². The standard InChI is InChI=1S/C11H15N/c1-5-11-10(6-7-12-11)9(4)8(2)3/h5-8,12H,1,4H2,2-3H3. The lowest BCUT2D eigenvalue weighted by molar-refractivity contribution is 0.857. The molecule has 1 heteroatoms. The van der Waals surface area contributed by atoms with Crippen LogP contribution in [-0.4, -0.2) is 4.98 Å². The summed E-state index contributed by atoms with van der Waals surface area (Å²) < 4.78 is 0. The second kappa shape index (κ2) is 3.44. The van der Waals surface area contributed by atoms with Gasteiger partial charge in [0.2, 0.25) is 0 Å². The first kappa shape index (κ1) is 8.85. The van der Waals surface area contributed by atoms with Crippen molar-refractivity contribution in [2.24, 2.45) is 5.92 Å². The molecule has 0 saturated heterocycles. The van der Waals surface area contributed by atoms with Crippen LogP contribution < -0.4 is 0 Å². The van der Waals surface area contributed by atoms with Crippen LogP contribution in [0.5, 0.6) is 0 Å². The third kappa shape index (κ3) is 1.50. The SMILES string of the molecule is C=Cc1[nH]ccc1C(=C)C(C)C. The first-order valence-electron chi connectivity index (χ1n) is 4.15. The van der Waals surface area contributed by atoms with Crippen molar-refractivity contribution in [2.75, 3.05) is 0 Å². The minimum absolute atomic E-state index is 0.486. The molecule has 12 heavy (non-hydrogen) atoms. The van der Waals surface area contributed by atoms with Crippen LogP contribution in [0.4, 0.5) is 0 Å². The minimum Gasteiger partial charge on any atom is -0.361 e.